The Morgan fingerprint density at radius 1 is 1.12 bits per heavy atom. The van der Waals surface area contributed by atoms with Gasteiger partial charge in [0.25, 0.3) is 5.56 Å². The van der Waals surface area contributed by atoms with E-state index in [1.54, 1.807) is 23.1 Å². The molecular weight excluding hydrogens is 444 g/mol. The first-order valence-corrected chi connectivity index (χ1v) is 14.4. The highest BCUT2D eigenvalue weighted by molar-refractivity contribution is 7.99. The molecule has 2 heterocycles. The van der Waals surface area contributed by atoms with Crippen LogP contribution in [0, 0.1) is 18.3 Å². The van der Waals surface area contributed by atoms with Crippen LogP contribution in [0.1, 0.15) is 82.2 Å². The maximum absolute atomic E-state index is 13.9. The van der Waals surface area contributed by atoms with Gasteiger partial charge in [-0.3, -0.25) is 9.36 Å². The second kappa shape index (κ2) is 10.4. The maximum atomic E-state index is 13.9. The van der Waals surface area contributed by atoms with Crippen molar-refractivity contribution in [2.45, 2.75) is 91.1 Å². The first-order valence-electron chi connectivity index (χ1n) is 12.6. The van der Waals surface area contributed by atoms with Crippen LogP contribution in [0.2, 0.25) is 0 Å². The standard InChI is InChI=1S/C28H38N2OS2/c1-6-7-8-9-10-17-32-27-29-25-24(26(31)30(27)21-14-11-19(2)12-15-21)22-16-13-20(28(3,4)5)18-23(22)33-25/h11-12,14-15,20H,6-10,13,16-18H2,1-5H3/t20-/m0/s1. The molecule has 0 fully saturated rings. The maximum Gasteiger partial charge on any atom is 0.267 e. The van der Waals surface area contributed by atoms with Crippen LogP contribution >= 0.6 is 23.1 Å². The van der Waals surface area contributed by atoms with E-state index in [1.165, 1.54) is 48.1 Å². The number of thioether (sulfide) groups is 1. The molecule has 0 bridgehead atoms. The van der Waals surface area contributed by atoms with E-state index in [-0.39, 0.29) is 5.56 Å². The monoisotopic (exact) mass is 482 g/mol. The Bertz CT molecular complexity index is 1150. The second-order valence-electron chi connectivity index (χ2n) is 10.6. The molecular formula is C28H38N2OS2. The van der Waals surface area contributed by atoms with Crippen molar-refractivity contribution in [2.75, 3.05) is 5.75 Å². The van der Waals surface area contributed by atoms with E-state index in [1.807, 2.05) is 4.57 Å². The molecule has 0 aliphatic heterocycles. The molecule has 1 aromatic carbocycles. The molecule has 0 saturated carbocycles. The fraction of sp³-hybridized carbons (Fsp3) is 0.571. The molecule has 3 aromatic rings. The predicted octanol–water partition coefficient (Wildman–Crippen LogP) is 7.97. The number of benzene rings is 1. The first kappa shape index (κ1) is 24.5. The molecule has 0 saturated heterocycles. The van der Waals surface area contributed by atoms with Crippen molar-refractivity contribution in [1.82, 2.24) is 9.55 Å². The number of aromatic nitrogens is 2. The van der Waals surface area contributed by atoms with Crippen LogP contribution in [0.15, 0.2) is 34.2 Å². The van der Waals surface area contributed by atoms with Gasteiger partial charge in [0.2, 0.25) is 0 Å². The van der Waals surface area contributed by atoms with Gasteiger partial charge in [-0.2, -0.15) is 0 Å². The minimum Gasteiger partial charge on any atom is -0.268 e. The topological polar surface area (TPSA) is 34.9 Å². The second-order valence-corrected chi connectivity index (χ2v) is 12.8. The van der Waals surface area contributed by atoms with Crippen molar-refractivity contribution in [3.8, 4) is 5.69 Å². The summed E-state index contributed by atoms with van der Waals surface area (Å²) >= 11 is 3.51. The average molecular weight is 483 g/mol. The zero-order valence-corrected chi connectivity index (χ0v) is 22.5. The lowest BCUT2D eigenvalue weighted by atomic mass is 9.72. The molecule has 1 atom stereocenters. The van der Waals surface area contributed by atoms with Gasteiger partial charge in [-0.25, -0.2) is 4.98 Å². The number of fused-ring (bicyclic) bond motifs is 3. The van der Waals surface area contributed by atoms with Crippen LogP contribution in [0.25, 0.3) is 15.9 Å². The summed E-state index contributed by atoms with van der Waals surface area (Å²) in [5.74, 6) is 1.67. The third-order valence-corrected chi connectivity index (χ3v) is 9.22. The summed E-state index contributed by atoms with van der Waals surface area (Å²) in [7, 11) is 0. The van der Waals surface area contributed by atoms with E-state index in [0.29, 0.717) is 11.3 Å². The molecule has 4 rings (SSSR count). The summed E-state index contributed by atoms with van der Waals surface area (Å²) in [6.07, 6.45) is 9.49. The predicted molar refractivity (Wildman–Crippen MR) is 144 cm³/mol. The molecule has 0 spiro atoms. The molecule has 1 aliphatic carbocycles. The molecule has 0 N–H and O–H groups in total. The largest absolute Gasteiger partial charge is 0.268 e. The zero-order chi connectivity index (χ0) is 23.6. The number of nitrogens with zero attached hydrogens (tertiary/aromatic N) is 2. The minimum atomic E-state index is 0.115. The quantitative estimate of drug-likeness (QED) is 0.185. The van der Waals surface area contributed by atoms with E-state index in [2.05, 4.69) is 58.9 Å². The van der Waals surface area contributed by atoms with Crippen LogP contribution in [-0.4, -0.2) is 15.3 Å². The van der Waals surface area contributed by atoms with Gasteiger partial charge >= 0.3 is 0 Å². The van der Waals surface area contributed by atoms with E-state index >= 15 is 0 Å². The third-order valence-electron chi connectivity index (χ3n) is 7.05. The van der Waals surface area contributed by atoms with Gasteiger partial charge in [0.15, 0.2) is 5.16 Å². The van der Waals surface area contributed by atoms with Gasteiger partial charge in [-0.15, -0.1) is 11.3 Å². The minimum absolute atomic E-state index is 0.115. The molecule has 0 unspecified atom stereocenters. The highest BCUT2D eigenvalue weighted by Crippen LogP contribution is 2.42. The van der Waals surface area contributed by atoms with Crippen LogP contribution in [0.5, 0.6) is 0 Å². The number of hydrogen-bond donors (Lipinski definition) is 0. The lowest BCUT2D eigenvalue weighted by molar-refractivity contribution is 0.218. The summed E-state index contributed by atoms with van der Waals surface area (Å²) in [6.45, 7) is 11.4. The van der Waals surface area contributed by atoms with Gasteiger partial charge < -0.3 is 0 Å². The molecule has 1 aliphatic rings. The molecule has 33 heavy (non-hydrogen) atoms. The normalized spacial score (nSPS) is 16.3. The number of thiophene rings is 1. The Hall–Kier alpha value is -1.59. The first-order chi connectivity index (χ1) is 15.8. The highest BCUT2D eigenvalue weighted by atomic mass is 32.2. The van der Waals surface area contributed by atoms with E-state index < -0.39 is 0 Å². The fourth-order valence-electron chi connectivity index (χ4n) is 4.83. The number of aryl methyl sites for hydroxylation is 2. The summed E-state index contributed by atoms with van der Waals surface area (Å²) in [5, 5.41) is 1.72. The van der Waals surface area contributed by atoms with Crippen LogP contribution in [-0.2, 0) is 12.8 Å². The van der Waals surface area contributed by atoms with Crippen molar-refractivity contribution in [2.24, 2.45) is 11.3 Å². The lowest BCUT2D eigenvalue weighted by Gasteiger charge is -2.33. The van der Waals surface area contributed by atoms with Crippen molar-refractivity contribution in [3.63, 3.8) is 0 Å². The average Bonchev–Trinajstić information content (AvgIpc) is 3.14. The fourth-order valence-corrected chi connectivity index (χ4v) is 7.18. The van der Waals surface area contributed by atoms with E-state index in [9.17, 15) is 4.79 Å². The number of hydrogen-bond acceptors (Lipinski definition) is 4. The number of unbranched alkanes of at least 4 members (excludes halogenated alkanes) is 4. The van der Waals surface area contributed by atoms with E-state index in [0.717, 1.165) is 46.1 Å². The van der Waals surface area contributed by atoms with Crippen molar-refractivity contribution >= 4 is 33.3 Å². The van der Waals surface area contributed by atoms with Crippen molar-refractivity contribution in [1.29, 1.82) is 0 Å². The third kappa shape index (κ3) is 5.40. The van der Waals surface area contributed by atoms with Crippen LogP contribution in [0.4, 0.5) is 0 Å². The lowest BCUT2D eigenvalue weighted by Crippen LogP contribution is -2.27. The van der Waals surface area contributed by atoms with E-state index in [4.69, 9.17) is 4.98 Å². The summed E-state index contributed by atoms with van der Waals surface area (Å²) < 4.78 is 1.88. The molecule has 2 aromatic heterocycles. The van der Waals surface area contributed by atoms with Crippen molar-refractivity contribution < 1.29 is 0 Å². The Morgan fingerprint density at radius 3 is 2.55 bits per heavy atom. The Morgan fingerprint density at radius 2 is 1.85 bits per heavy atom. The molecule has 178 valence electrons. The number of rotatable bonds is 8. The van der Waals surface area contributed by atoms with Gasteiger partial charge in [-0.1, -0.05) is 82.8 Å². The highest BCUT2D eigenvalue weighted by Gasteiger charge is 2.32. The Labute approximate surface area is 207 Å². The summed E-state index contributed by atoms with van der Waals surface area (Å²) in [6, 6.07) is 8.29. The Balaban J connectivity index is 1.73. The smallest absolute Gasteiger partial charge is 0.267 e. The Kier molecular flexibility index (Phi) is 7.69. The SMILES string of the molecule is CCCCCCCSc1nc2sc3c(c2c(=O)n1-c1ccc(C)cc1)CC[C@H](C(C)(C)C)C3. The summed E-state index contributed by atoms with van der Waals surface area (Å²) in [5.41, 5.74) is 3.81. The van der Waals surface area contributed by atoms with Crippen molar-refractivity contribution in [3.05, 3.63) is 50.6 Å². The van der Waals surface area contributed by atoms with Gasteiger partial charge in [-0.05, 0) is 61.6 Å². The molecule has 3 nitrogen and oxygen atoms in total. The molecule has 0 amide bonds. The van der Waals surface area contributed by atoms with Crippen LogP contribution < -0.4 is 5.56 Å². The summed E-state index contributed by atoms with van der Waals surface area (Å²) in [4.78, 5) is 21.4. The van der Waals surface area contributed by atoms with Crippen LogP contribution in [0.3, 0.4) is 0 Å². The van der Waals surface area contributed by atoms with Gasteiger partial charge in [0.05, 0.1) is 11.1 Å². The molecule has 5 heteroatoms. The van der Waals surface area contributed by atoms with Gasteiger partial charge in [0.1, 0.15) is 4.83 Å². The van der Waals surface area contributed by atoms with Gasteiger partial charge in [0, 0.05) is 10.6 Å². The zero-order valence-electron chi connectivity index (χ0n) is 20.9. The molecule has 0 radical (unpaired) electrons.